The summed E-state index contributed by atoms with van der Waals surface area (Å²) in [6, 6.07) is 3.90. The molecule has 15 heavy (non-hydrogen) atoms. The minimum absolute atomic E-state index is 0.303. The second-order valence-corrected chi connectivity index (χ2v) is 5.23. The quantitative estimate of drug-likeness (QED) is 0.734. The lowest BCUT2D eigenvalue weighted by atomic mass is 10.1. The number of rotatable bonds is 4. The highest BCUT2D eigenvalue weighted by atomic mass is 32.2. The number of benzene rings is 1. The average molecular weight is 230 g/mol. The zero-order valence-corrected chi connectivity index (χ0v) is 9.05. The molecular formula is C10H11FO3S. The molecule has 0 N–H and O–H groups in total. The summed E-state index contributed by atoms with van der Waals surface area (Å²) in [5, 5.41) is 0. The molecule has 0 heterocycles. The van der Waals surface area contributed by atoms with Crippen molar-refractivity contribution >= 4 is 16.1 Å². The molecule has 0 aliphatic rings. The lowest BCUT2D eigenvalue weighted by molar-refractivity contribution is -0.107. The van der Waals surface area contributed by atoms with E-state index in [2.05, 4.69) is 0 Å². The molecule has 0 bridgehead atoms. The summed E-state index contributed by atoms with van der Waals surface area (Å²) in [5.74, 6) is -0.763. The molecule has 0 atom stereocenters. The zero-order valence-electron chi connectivity index (χ0n) is 8.23. The van der Waals surface area contributed by atoms with Crippen molar-refractivity contribution in [3.05, 3.63) is 29.6 Å². The highest BCUT2D eigenvalue weighted by Gasteiger charge is 2.13. The first kappa shape index (κ1) is 11.8. The summed E-state index contributed by atoms with van der Waals surface area (Å²) in [4.78, 5) is 9.79. The Bertz CT molecular complexity index is 466. The number of sulfone groups is 1. The van der Waals surface area contributed by atoms with Gasteiger partial charge in [-0.1, -0.05) is 6.07 Å². The van der Waals surface area contributed by atoms with E-state index in [1.807, 2.05) is 0 Å². The van der Waals surface area contributed by atoms with Crippen LogP contribution in [0, 0.1) is 5.82 Å². The fraction of sp³-hybridized carbons (Fsp3) is 0.300. The van der Waals surface area contributed by atoms with E-state index >= 15 is 0 Å². The van der Waals surface area contributed by atoms with Crippen LogP contribution in [0.15, 0.2) is 23.1 Å². The molecule has 1 rings (SSSR count). The normalized spacial score (nSPS) is 11.3. The molecular weight excluding hydrogens is 219 g/mol. The molecule has 1 aromatic carbocycles. The predicted octanol–water partition coefficient (Wildman–Crippen LogP) is 1.36. The van der Waals surface area contributed by atoms with E-state index in [9.17, 15) is 17.6 Å². The van der Waals surface area contributed by atoms with Crippen molar-refractivity contribution in [3.63, 3.8) is 0 Å². The van der Waals surface area contributed by atoms with Gasteiger partial charge >= 0.3 is 0 Å². The molecule has 0 saturated heterocycles. The smallest absolute Gasteiger partial charge is 0.178 e. The van der Waals surface area contributed by atoms with Crippen LogP contribution in [0.2, 0.25) is 0 Å². The van der Waals surface area contributed by atoms with Gasteiger partial charge in [0.15, 0.2) is 9.84 Å². The van der Waals surface area contributed by atoms with Crippen molar-refractivity contribution in [2.24, 2.45) is 0 Å². The number of carbonyl (C=O) groups is 1. The van der Waals surface area contributed by atoms with Crippen LogP contribution >= 0.6 is 0 Å². The number of aryl methyl sites for hydroxylation is 1. The van der Waals surface area contributed by atoms with Crippen molar-refractivity contribution in [1.29, 1.82) is 0 Å². The Morgan fingerprint density at radius 2 is 2.07 bits per heavy atom. The van der Waals surface area contributed by atoms with Crippen LogP contribution in [0.1, 0.15) is 12.0 Å². The molecule has 0 aromatic heterocycles. The lowest BCUT2D eigenvalue weighted by Crippen LogP contribution is -2.01. The van der Waals surface area contributed by atoms with E-state index < -0.39 is 15.7 Å². The SMILES string of the molecule is CS(=O)(=O)c1ccc(CCC=O)cc1F. The van der Waals surface area contributed by atoms with Crippen LogP contribution < -0.4 is 0 Å². The molecule has 82 valence electrons. The molecule has 5 heteroatoms. The second-order valence-electron chi connectivity index (χ2n) is 3.24. The number of aldehydes is 1. The standard InChI is InChI=1S/C10H11FO3S/c1-15(13,14)10-5-4-8(3-2-6-12)7-9(10)11/h4-7H,2-3H2,1H3. The van der Waals surface area contributed by atoms with Crippen molar-refractivity contribution in [2.45, 2.75) is 17.7 Å². The first-order chi connectivity index (χ1) is 6.95. The van der Waals surface area contributed by atoms with Gasteiger partial charge in [-0.25, -0.2) is 12.8 Å². The van der Waals surface area contributed by atoms with Gasteiger partial charge in [-0.3, -0.25) is 0 Å². The Labute approximate surface area is 87.8 Å². The molecule has 0 fully saturated rings. The van der Waals surface area contributed by atoms with Crippen LogP contribution in [-0.2, 0) is 21.1 Å². The molecule has 1 aromatic rings. The largest absolute Gasteiger partial charge is 0.303 e. The van der Waals surface area contributed by atoms with E-state index in [-0.39, 0.29) is 4.90 Å². The third-order valence-corrected chi connectivity index (χ3v) is 3.08. The average Bonchev–Trinajstić information content (AvgIpc) is 2.12. The van der Waals surface area contributed by atoms with Crippen LogP contribution in [-0.4, -0.2) is 21.0 Å². The Hall–Kier alpha value is -1.23. The third kappa shape index (κ3) is 3.13. The number of halogens is 1. The highest BCUT2D eigenvalue weighted by Crippen LogP contribution is 2.16. The lowest BCUT2D eigenvalue weighted by Gasteiger charge is -2.03. The van der Waals surface area contributed by atoms with Gasteiger partial charge in [0, 0.05) is 12.7 Å². The fourth-order valence-corrected chi connectivity index (χ4v) is 1.95. The van der Waals surface area contributed by atoms with Crippen LogP contribution in [0.5, 0.6) is 0 Å². The molecule has 0 spiro atoms. The maximum absolute atomic E-state index is 13.3. The maximum atomic E-state index is 13.3. The molecule has 0 unspecified atom stereocenters. The maximum Gasteiger partial charge on any atom is 0.178 e. The number of hydrogen-bond acceptors (Lipinski definition) is 3. The fourth-order valence-electron chi connectivity index (χ4n) is 1.23. The first-order valence-corrected chi connectivity index (χ1v) is 6.26. The summed E-state index contributed by atoms with van der Waals surface area (Å²) in [6.45, 7) is 0. The van der Waals surface area contributed by atoms with Gasteiger partial charge in [-0.2, -0.15) is 0 Å². The summed E-state index contributed by atoms with van der Waals surface area (Å²) in [5.41, 5.74) is 0.618. The van der Waals surface area contributed by atoms with Crippen molar-refractivity contribution in [1.82, 2.24) is 0 Å². The topological polar surface area (TPSA) is 51.2 Å². The molecule has 0 aliphatic carbocycles. The minimum atomic E-state index is -3.52. The Balaban J connectivity index is 3.04. The number of hydrogen-bond donors (Lipinski definition) is 0. The van der Waals surface area contributed by atoms with Gasteiger partial charge in [-0.05, 0) is 24.1 Å². The second kappa shape index (κ2) is 4.53. The van der Waals surface area contributed by atoms with Crippen molar-refractivity contribution in [2.75, 3.05) is 6.26 Å². The molecule has 0 amide bonds. The Kier molecular flexibility index (Phi) is 3.57. The van der Waals surface area contributed by atoms with E-state index in [1.165, 1.54) is 12.1 Å². The van der Waals surface area contributed by atoms with Gasteiger partial charge in [0.2, 0.25) is 0 Å². The van der Waals surface area contributed by atoms with E-state index in [0.717, 1.165) is 18.6 Å². The van der Waals surface area contributed by atoms with E-state index in [1.54, 1.807) is 0 Å². The van der Waals surface area contributed by atoms with E-state index in [0.29, 0.717) is 18.4 Å². The van der Waals surface area contributed by atoms with Gasteiger partial charge in [0.25, 0.3) is 0 Å². The summed E-state index contributed by atoms with van der Waals surface area (Å²) in [7, 11) is -3.52. The predicted molar refractivity (Wildman–Crippen MR) is 53.9 cm³/mol. The zero-order chi connectivity index (χ0) is 11.5. The monoisotopic (exact) mass is 230 g/mol. The molecule has 0 saturated carbocycles. The van der Waals surface area contributed by atoms with Gasteiger partial charge in [-0.15, -0.1) is 0 Å². The number of carbonyl (C=O) groups excluding carboxylic acids is 1. The molecule has 3 nitrogen and oxygen atoms in total. The summed E-state index contributed by atoms with van der Waals surface area (Å²) in [6.07, 6.45) is 2.42. The Morgan fingerprint density at radius 1 is 1.40 bits per heavy atom. The van der Waals surface area contributed by atoms with Crippen LogP contribution in [0.25, 0.3) is 0 Å². The van der Waals surface area contributed by atoms with Gasteiger partial charge < -0.3 is 4.79 Å². The van der Waals surface area contributed by atoms with Crippen LogP contribution in [0.3, 0.4) is 0 Å². The minimum Gasteiger partial charge on any atom is -0.303 e. The highest BCUT2D eigenvalue weighted by molar-refractivity contribution is 7.90. The van der Waals surface area contributed by atoms with E-state index in [4.69, 9.17) is 0 Å². The molecule has 0 aliphatic heterocycles. The third-order valence-electron chi connectivity index (χ3n) is 1.95. The van der Waals surface area contributed by atoms with Crippen molar-refractivity contribution in [3.8, 4) is 0 Å². The van der Waals surface area contributed by atoms with Gasteiger partial charge in [0.1, 0.15) is 17.0 Å². The van der Waals surface area contributed by atoms with Crippen LogP contribution in [0.4, 0.5) is 4.39 Å². The van der Waals surface area contributed by atoms with Gasteiger partial charge in [0.05, 0.1) is 0 Å². The Morgan fingerprint density at radius 3 is 2.53 bits per heavy atom. The first-order valence-electron chi connectivity index (χ1n) is 4.37. The molecule has 0 radical (unpaired) electrons. The summed E-state index contributed by atoms with van der Waals surface area (Å²) >= 11 is 0. The summed E-state index contributed by atoms with van der Waals surface area (Å²) < 4.78 is 35.5. The van der Waals surface area contributed by atoms with Crippen molar-refractivity contribution < 1.29 is 17.6 Å².